The average Bonchev–Trinajstić information content (AvgIpc) is 2.86. The molecule has 2 aliphatic carbocycles. The van der Waals surface area contributed by atoms with Gasteiger partial charge in [-0.1, -0.05) is 37.5 Å². The van der Waals surface area contributed by atoms with Crippen molar-refractivity contribution in [2.24, 2.45) is 23.7 Å². The number of cyclic esters (lactones) is 1. The Morgan fingerprint density at radius 1 is 1.08 bits per heavy atom. The second-order valence-electron chi connectivity index (χ2n) is 8.44. The first-order chi connectivity index (χ1) is 11.6. The lowest BCUT2D eigenvalue weighted by atomic mass is 9.61. The van der Waals surface area contributed by atoms with Crippen molar-refractivity contribution in [3.63, 3.8) is 0 Å². The molecular weight excluding hydrogens is 298 g/mol. The third-order valence-electron chi connectivity index (χ3n) is 6.79. The maximum absolute atomic E-state index is 12.3. The van der Waals surface area contributed by atoms with Gasteiger partial charge in [0.05, 0.1) is 0 Å². The Morgan fingerprint density at radius 2 is 1.92 bits per heavy atom. The van der Waals surface area contributed by atoms with Crippen LogP contribution in [-0.2, 0) is 9.53 Å². The highest BCUT2D eigenvalue weighted by Crippen LogP contribution is 2.50. The molecule has 0 radical (unpaired) electrons. The summed E-state index contributed by atoms with van der Waals surface area (Å²) in [6, 6.07) is 1.12. The Labute approximate surface area is 145 Å². The molecule has 4 rings (SSSR count). The van der Waals surface area contributed by atoms with Crippen molar-refractivity contribution < 1.29 is 9.53 Å². The fourth-order valence-electron chi connectivity index (χ4n) is 5.62. The minimum absolute atomic E-state index is 0.0273. The van der Waals surface area contributed by atoms with Crippen LogP contribution in [0.5, 0.6) is 0 Å². The van der Waals surface area contributed by atoms with Gasteiger partial charge < -0.3 is 10.1 Å². The molecule has 2 heterocycles. The van der Waals surface area contributed by atoms with Crippen LogP contribution in [0.1, 0.15) is 58.8 Å². The highest BCUT2D eigenvalue weighted by molar-refractivity contribution is 5.92. The number of piperidine rings is 1. The van der Waals surface area contributed by atoms with E-state index in [1.807, 2.05) is 0 Å². The quantitative estimate of drug-likeness (QED) is 0.615. The van der Waals surface area contributed by atoms with E-state index in [1.54, 1.807) is 0 Å². The topological polar surface area (TPSA) is 38.3 Å². The molecule has 0 aromatic carbocycles. The minimum Gasteiger partial charge on any atom is -0.459 e. The Kier molecular flexibility index (Phi) is 4.55. The van der Waals surface area contributed by atoms with Crippen molar-refractivity contribution in [3.05, 3.63) is 23.8 Å². The summed E-state index contributed by atoms with van der Waals surface area (Å²) in [6.07, 6.45) is 16.2. The van der Waals surface area contributed by atoms with E-state index in [4.69, 9.17) is 4.74 Å². The van der Waals surface area contributed by atoms with E-state index in [1.165, 1.54) is 44.9 Å². The Bertz CT molecular complexity index is 552. The van der Waals surface area contributed by atoms with Gasteiger partial charge in [-0.2, -0.15) is 0 Å². The molecule has 0 bridgehead atoms. The van der Waals surface area contributed by atoms with Crippen molar-refractivity contribution in [1.82, 2.24) is 5.32 Å². The molecule has 1 N–H and O–H groups in total. The van der Waals surface area contributed by atoms with E-state index in [-0.39, 0.29) is 18.0 Å². The maximum atomic E-state index is 12.3. The zero-order valence-electron chi connectivity index (χ0n) is 15.0. The second kappa shape index (κ2) is 6.67. The fourth-order valence-corrected chi connectivity index (χ4v) is 5.62. The molecular formula is C21H31NO2. The van der Waals surface area contributed by atoms with Gasteiger partial charge in [0.1, 0.15) is 6.10 Å². The first-order valence-corrected chi connectivity index (χ1v) is 10.0. The van der Waals surface area contributed by atoms with Gasteiger partial charge in [0.2, 0.25) is 0 Å². The Balaban J connectivity index is 1.59. The van der Waals surface area contributed by atoms with Crippen LogP contribution in [-0.4, -0.2) is 24.2 Å². The predicted molar refractivity (Wildman–Crippen MR) is 95.4 cm³/mol. The van der Waals surface area contributed by atoms with Crippen molar-refractivity contribution in [2.75, 3.05) is 0 Å². The van der Waals surface area contributed by atoms with Gasteiger partial charge in [-0.3, -0.25) is 0 Å². The number of carbonyl (C=O) groups is 1. The number of ether oxygens (including phenoxy) is 1. The predicted octanol–water partition coefficient (Wildman–Crippen LogP) is 4.00. The van der Waals surface area contributed by atoms with E-state index < -0.39 is 0 Å². The van der Waals surface area contributed by atoms with Crippen LogP contribution in [0.15, 0.2) is 23.8 Å². The fraction of sp³-hybridized carbons (Fsp3) is 0.762. The van der Waals surface area contributed by atoms with Crippen molar-refractivity contribution in [1.29, 1.82) is 0 Å². The molecule has 0 aromatic rings. The Morgan fingerprint density at radius 3 is 2.75 bits per heavy atom. The molecule has 3 heteroatoms. The van der Waals surface area contributed by atoms with Crippen molar-refractivity contribution in [3.8, 4) is 0 Å². The van der Waals surface area contributed by atoms with Gasteiger partial charge in [-0.05, 0) is 57.3 Å². The smallest absolute Gasteiger partial charge is 0.334 e. The summed E-state index contributed by atoms with van der Waals surface area (Å²) in [4.78, 5) is 12.3. The van der Waals surface area contributed by atoms with Gasteiger partial charge in [0.15, 0.2) is 0 Å². The number of esters is 1. The minimum atomic E-state index is -0.0562. The number of rotatable bonds is 2. The van der Waals surface area contributed by atoms with E-state index >= 15 is 0 Å². The number of hydrogen-bond donors (Lipinski definition) is 1. The molecule has 132 valence electrons. The summed E-state index contributed by atoms with van der Waals surface area (Å²) < 4.78 is 5.60. The lowest BCUT2D eigenvalue weighted by molar-refractivity contribution is -0.138. The molecule has 0 aromatic heterocycles. The van der Waals surface area contributed by atoms with Crippen molar-refractivity contribution >= 4 is 5.97 Å². The van der Waals surface area contributed by atoms with Gasteiger partial charge in [-0.15, -0.1) is 0 Å². The number of nitrogens with one attached hydrogen (secondary N) is 1. The zero-order valence-corrected chi connectivity index (χ0v) is 15.0. The summed E-state index contributed by atoms with van der Waals surface area (Å²) in [6.45, 7) is 4.36. The first-order valence-electron chi connectivity index (χ1n) is 10.0. The molecule has 3 fully saturated rings. The summed E-state index contributed by atoms with van der Waals surface area (Å²) in [7, 11) is 0. The van der Waals surface area contributed by atoms with E-state index in [0.717, 1.165) is 5.57 Å². The van der Waals surface area contributed by atoms with Gasteiger partial charge in [-0.25, -0.2) is 4.79 Å². The lowest BCUT2D eigenvalue weighted by Crippen LogP contribution is -2.40. The molecule has 0 amide bonds. The monoisotopic (exact) mass is 329 g/mol. The van der Waals surface area contributed by atoms with E-state index in [0.29, 0.717) is 29.8 Å². The maximum Gasteiger partial charge on any atom is 0.334 e. The largest absolute Gasteiger partial charge is 0.459 e. The SMILES string of the molecule is C[C@@H]1OC(=O)C2=C[C@H]3CCCC[C@@H]3[C@@H](/C=C/[C@@H]3CCC[C@H](C)N3)[C@H]21. The van der Waals surface area contributed by atoms with E-state index in [2.05, 4.69) is 37.4 Å². The number of carbonyl (C=O) groups excluding carboxylic acids is 1. The second-order valence-corrected chi connectivity index (χ2v) is 8.44. The van der Waals surface area contributed by atoms with Gasteiger partial charge >= 0.3 is 5.97 Å². The lowest BCUT2D eigenvalue weighted by Gasteiger charge is -2.42. The zero-order chi connectivity index (χ0) is 16.7. The number of fused-ring (bicyclic) bond motifs is 2. The average molecular weight is 329 g/mol. The third kappa shape index (κ3) is 2.96. The molecule has 1 saturated carbocycles. The van der Waals surface area contributed by atoms with Crippen LogP contribution in [0.3, 0.4) is 0 Å². The summed E-state index contributed by atoms with van der Waals surface area (Å²) >= 11 is 0. The molecule has 4 aliphatic rings. The third-order valence-corrected chi connectivity index (χ3v) is 6.79. The Hall–Kier alpha value is -1.09. The van der Waals surface area contributed by atoms with Crippen LogP contribution >= 0.6 is 0 Å². The van der Waals surface area contributed by atoms with E-state index in [9.17, 15) is 4.79 Å². The summed E-state index contributed by atoms with van der Waals surface area (Å²) in [5.74, 6) is 1.96. The van der Waals surface area contributed by atoms with Crippen LogP contribution in [0.25, 0.3) is 0 Å². The van der Waals surface area contributed by atoms with Crippen LogP contribution in [0.2, 0.25) is 0 Å². The van der Waals surface area contributed by atoms with Crippen LogP contribution in [0.4, 0.5) is 0 Å². The molecule has 0 unspecified atom stereocenters. The first kappa shape index (κ1) is 16.4. The van der Waals surface area contributed by atoms with Crippen LogP contribution in [0, 0.1) is 23.7 Å². The highest BCUT2D eigenvalue weighted by Gasteiger charge is 2.49. The summed E-state index contributed by atoms with van der Waals surface area (Å²) in [5.41, 5.74) is 0.977. The van der Waals surface area contributed by atoms with Crippen LogP contribution < -0.4 is 5.32 Å². The standard InChI is InChI=1S/C21H31NO2/c1-13-6-5-8-16(22-13)10-11-18-17-9-4-3-7-15(17)12-19-20(18)14(2)24-21(19)23/h10-18,20,22H,3-9H2,1-2H3/b11-10+/t13-,14-,15+,16-,17-,18+,20+/m0/s1. The normalized spacial score (nSPS) is 45.5. The molecule has 24 heavy (non-hydrogen) atoms. The molecule has 2 aliphatic heterocycles. The molecule has 0 spiro atoms. The number of hydrogen-bond acceptors (Lipinski definition) is 3. The molecule has 3 nitrogen and oxygen atoms in total. The highest BCUT2D eigenvalue weighted by atomic mass is 16.5. The van der Waals surface area contributed by atoms with Crippen molar-refractivity contribution in [2.45, 2.75) is 77.0 Å². The van der Waals surface area contributed by atoms with Gasteiger partial charge in [0, 0.05) is 23.6 Å². The van der Waals surface area contributed by atoms with Gasteiger partial charge in [0.25, 0.3) is 0 Å². The molecule has 2 saturated heterocycles. The number of allylic oxidation sites excluding steroid dienone is 2. The summed E-state index contributed by atoms with van der Waals surface area (Å²) in [5, 5.41) is 3.71. The molecule has 7 atom stereocenters.